The number of carbonyl (C=O) groups excluding carboxylic acids is 1. The van der Waals surface area contributed by atoms with Crippen molar-refractivity contribution in [3.05, 3.63) is 78.6 Å². The van der Waals surface area contributed by atoms with Crippen molar-refractivity contribution in [2.75, 3.05) is 31.1 Å². The Morgan fingerprint density at radius 3 is 2.42 bits per heavy atom. The third kappa shape index (κ3) is 3.45. The van der Waals surface area contributed by atoms with E-state index in [9.17, 15) is 4.79 Å². The average molecular weight is 343 g/mol. The molecular weight excluding hydrogens is 322 g/mol. The normalized spacial score (nSPS) is 14.9. The molecule has 130 valence electrons. The molecule has 2 aromatic carbocycles. The standard InChI is InChI=1S/C22H21N3O/c26-22(9-8-19-6-3-5-18-4-1-2-7-21(18)19)25-16-14-24(15-17-25)20-10-12-23-13-11-20/h1-13H,14-17H2/b9-8+. The van der Waals surface area contributed by atoms with Crippen molar-refractivity contribution in [1.29, 1.82) is 0 Å². The highest BCUT2D eigenvalue weighted by Crippen LogP contribution is 2.20. The van der Waals surface area contributed by atoms with Crippen LogP contribution in [0.4, 0.5) is 5.69 Å². The summed E-state index contributed by atoms with van der Waals surface area (Å²) in [5.74, 6) is 0.0762. The Morgan fingerprint density at radius 1 is 0.885 bits per heavy atom. The minimum atomic E-state index is 0.0762. The Hall–Kier alpha value is -3.14. The summed E-state index contributed by atoms with van der Waals surface area (Å²) in [6, 6.07) is 18.4. The van der Waals surface area contributed by atoms with Crippen molar-refractivity contribution < 1.29 is 4.79 Å². The molecule has 0 spiro atoms. The van der Waals surface area contributed by atoms with Crippen LogP contribution >= 0.6 is 0 Å². The van der Waals surface area contributed by atoms with Gasteiger partial charge in [0.05, 0.1) is 0 Å². The molecule has 1 saturated heterocycles. The van der Waals surface area contributed by atoms with Crippen LogP contribution in [0, 0.1) is 0 Å². The van der Waals surface area contributed by atoms with E-state index in [2.05, 4.69) is 28.1 Å². The van der Waals surface area contributed by atoms with E-state index in [1.54, 1.807) is 18.5 Å². The van der Waals surface area contributed by atoms with Gasteiger partial charge < -0.3 is 9.80 Å². The number of hydrogen-bond donors (Lipinski definition) is 0. The first kappa shape index (κ1) is 16.3. The van der Waals surface area contributed by atoms with Crippen LogP contribution < -0.4 is 4.90 Å². The van der Waals surface area contributed by atoms with Gasteiger partial charge in [0.2, 0.25) is 5.91 Å². The molecular formula is C22H21N3O. The SMILES string of the molecule is O=C(/C=C/c1cccc2ccccc12)N1CCN(c2ccncc2)CC1. The molecule has 26 heavy (non-hydrogen) atoms. The summed E-state index contributed by atoms with van der Waals surface area (Å²) in [4.78, 5) is 20.8. The number of benzene rings is 2. The molecule has 0 saturated carbocycles. The number of carbonyl (C=O) groups is 1. The van der Waals surface area contributed by atoms with E-state index in [1.165, 1.54) is 16.5 Å². The second-order valence-electron chi connectivity index (χ2n) is 6.42. The van der Waals surface area contributed by atoms with Crippen LogP contribution in [-0.2, 0) is 4.79 Å². The lowest BCUT2D eigenvalue weighted by molar-refractivity contribution is -0.126. The largest absolute Gasteiger partial charge is 0.368 e. The van der Waals surface area contributed by atoms with Crippen molar-refractivity contribution in [3.8, 4) is 0 Å². The van der Waals surface area contributed by atoms with Gasteiger partial charge in [-0.15, -0.1) is 0 Å². The Morgan fingerprint density at radius 2 is 1.62 bits per heavy atom. The maximum absolute atomic E-state index is 12.6. The number of pyridine rings is 1. The van der Waals surface area contributed by atoms with Crippen molar-refractivity contribution in [2.45, 2.75) is 0 Å². The first-order valence-corrected chi connectivity index (χ1v) is 8.91. The van der Waals surface area contributed by atoms with Crippen LogP contribution in [0.1, 0.15) is 5.56 Å². The van der Waals surface area contributed by atoms with Crippen LogP contribution in [0.3, 0.4) is 0 Å². The topological polar surface area (TPSA) is 36.4 Å². The first-order chi connectivity index (χ1) is 12.8. The van der Waals surface area contributed by atoms with Gasteiger partial charge in [-0.3, -0.25) is 9.78 Å². The van der Waals surface area contributed by atoms with Gasteiger partial charge in [0.1, 0.15) is 0 Å². The molecule has 0 aliphatic carbocycles. The molecule has 0 atom stereocenters. The highest BCUT2D eigenvalue weighted by atomic mass is 16.2. The summed E-state index contributed by atoms with van der Waals surface area (Å²) in [5, 5.41) is 2.36. The molecule has 1 fully saturated rings. The predicted octanol–water partition coefficient (Wildman–Crippen LogP) is 3.60. The van der Waals surface area contributed by atoms with Crippen LogP contribution in [0.5, 0.6) is 0 Å². The third-order valence-electron chi connectivity index (χ3n) is 4.85. The maximum Gasteiger partial charge on any atom is 0.246 e. The fourth-order valence-corrected chi connectivity index (χ4v) is 3.40. The summed E-state index contributed by atoms with van der Waals surface area (Å²) in [7, 11) is 0. The predicted molar refractivity (Wildman–Crippen MR) is 106 cm³/mol. The summed E-state index contributed by atoms with van der Waals surface area (Å²) in [5.41, 5.74) is 2.24. The van der Waals surface area contributed by atoms with Gasteiger partial charge in [0.25, 0.3) is 0 Å². The van der Waals surface area contributed by atoms with Gasteiger partial charge in [-0.05, 0) is 34.5 Å². The fraction of sp³-hybridized carbons (Fsp3) is 0.182. The van der Waals surface area contributed by atoms with Crippen LogP contribution in [0.25, 0.3) is 16.8 Å². The smallest absolute Gasteiger partial charge is 0.246 e. The molecule has 1 amide bonds. The average Bonchev–Trinajstić information content (AvgIpc) is 2.73. The highest BCUT2D eigenvalue weighted by Gasteiger charge is 2.19. The third-order valence-corrected chi connectivity index (χ3v) is 4.85. The quantitative estimate of drug-likeness (QED) is 0.682. The Balaban J connectivity index is 1.42. The van der Waals surface area contributed by atoms with E-state index in [0.717, 1.165) is 31.7 Å². The molecule has 2 heterocycles. The van der Waals surface area contributed by atoms with E-state index >= 15 is 0 Å². The van der Waals surface area contributed by atoms with E-state index < -0.39 is 0 Å². The van der Waals surface area contributed by atoms with Crippen molar-refractivity contribution >= 4 is 28.4 Å². The molecule has 4 heteroatoms. The Bertz CT molecular complexity index is 923. The van der Waals surface area contributed by atoms with Gasteiger partial charge >= 0.3 is 0 Å². The zero-order valence-electron chi connectivity index (χ0n) is 14.6. The maximum atomic E-state index is 12.6. The number of rotatable bonds is 3. The number of fused-ring (bicyclic) bond motifs is 1. The number of aromatic nitrogens is 1. The minimum absolute atomic E-state index is 0.0762. The number of nitrogens with zero attached hydrogens (tertiary/aromatic N) is 3. The van der Waals surface area contributed by atoms with Gasteiger partial charge in [0.15, 0.2) is 0 Å². The zero-order valence-corrected chi connectivity index (χ0v) is 14.6. The lowest BCUT2D eigenvalue weighted by atomic mass is 10.0. The van der Waals surface area contributed by atoms with E-state index in [1.807, 2.05) is 47.4 Å². The van der Waals surface area contributed by atoms with Gasteiger partial charge in [-0.25, -0.2) is 0 Å². The molecule has 0 N–H and O–H groups in total. The number of anilines is 1. The van der Waals surface area contributed by atoms with Crippen LogP contribution in [-0.4, -0.2) is 42.0 Å². The molecule has 0 unspecified atom stereocenters. The minimum Gasteiger partial charge on any atom is -0.368 e. The summed E-state index contributed by atoms with van der Waals surface area (Å²) >= 11 is 0. The summed E-state index contributed by atoms with van der Waals surface area (Å²) < 4.78 is 0. The van der Waals surface area contributed by atoms with Gasteiger partial charge in [-0.1, -0.05) is 42.5 Å². The Kier molecular flexibility index (Phi) is 4.65. The molecule has 3 aromatic rings. The summed E-state index contributed by atoms with van der Waals surface area (Å²) in [6.07, 6.45) is 7.24. The van der Waals surface area contributed by atoms with Crippen LogP contribution in [0.15, 0.2) is 73.1 Å². The second-order valence-corrected chi connectivity index (χ2v) is 6.42. The zero-order chi connectivity index (χ0) is 17.8. The lowest BCUT2D eigenvalue weighted by Gasteiger charge is -2.35. The number of piperazine rings is 1. The van der Waals surface area contributed by atoms with Crippen molar-refractivity contribution in [1.82, 2.24) is 9.88 Å². The summed E-state index contributed by atoms with van der Waals surface area (Å²) in [6.45, 7) is 3.16. The molecule has 4 nitrogen and oxygen atoms in total. The Labute approximate surface area is 153 Å². The highest BCUT2D eigenvalue weighted by molar-refractivity contribution is 5.96. The monoisotopic (exact) mass is 343 g/mol. The first-order valence-electron chi connectivity index (χ1n) is 8.91. The number of hydrogen-bond acceptors (Lipinski definition) is 3. The van der Waals surface area contributed by atoms with Crippen molar-refractivity contribution in [2.24, 2.45) is 0 Å². The van der Waals surface area contributed by atoms with E-state index in [4.69, 9.17) is 0 Å². The van der Waals surface area contributed by atoms with Gasteiger partial charge in [0, 0.05) is 50.3 Å². The van der Waals surface area contributed by atoms with Gasteiger partial charge in [-0.2, -0.15) is 0 Å². The van der Waals surface area contributed by atoms with Crippen LogP contribution in [0.2, 0.25) is 0 Å². The molecule has 0 radical (unpaired) electrons. The fourth-order valence-electron chi connectivity index (χ4n) is 3.40. The van der Waals surface area contributed by atoms with E-state index in [-0.39, 0.29) is 5.91 Å². The number of amides is 1. The second kappa shape index (κ2) is 7.40. The molecule has 1 aliphatic heterocycles. The molecule has 0 bridgehead atoms. The molecule has 1 aromatic heterocycles. The molecule has 4 rings (SSSR count). The van der Waals surface area contributed by atoms with Crippen molar-refractivity contribution in [3.63, 3.8) is 0 Å². The van der Waals surface area contributed by atoms with E-state index in [0.29, 0.717) is 0 Å². The lowest BCUT2D eigenvalue weighted by Crippen LogP contribution is -2.48. The molecule has 1 aliphatic rings.